The average molecular weight is 444 g/mol. The first kappa shape index (κ1) is 24.1. The number of aliphatic hydroxyl groups is 1. The number of hydrogen-bond acceptors (Lipinski definition) is 6. The lowest BCUT2D eigenvalue weighted by Gasteiger charge is -2.14. The Balaban J connectivity index is 0.000000262. The van der Waals surface area contributed by atoms with Crippen LogP contribution in [0.15, 0.2) is 54.6 Å². The molecule has 0 heterocycles. The van der Waals surface area contributed by atoms with E-state index in [0.29, 0.717) is 6.54 Å². The molecule has 0 aliphatic heterocycles. The summed E-state index contributed by atoms with van der Waals surface area (Å²) in [5, 5.41) is 31.3. The quantitative estimate of drug-likeness (QED) is 0.341. The van der Waals surface area contributed by atoms with Gasteiger partial charge in [-0.2, -0.15) is 0 Å². The Morgan fingerprint density at radius 2 is 1.94 bits per heavy atom. The Hall–Kier alpha value is -3.13. The second kappa shape index (κ2) is 11.9. The van der Waals surface area contributed by atoms with Crippen LogP contribution in [0.3, 0.4) is 0 Å². The molecule has 7 nitrogen and oxygen atoms in total. The van der Waals surface area contributed by atoms with E-state index >= 15 is 0 Å². The van der Waals surface area contributed by atoms with Crippen molar-refractivity contribution in [2.45, 2.75) is 13.0 Å². The van der Waals surface area contributed by atoms with E-state index < -0.39 is 12.0 Å². The normalized spacial score (nSPS) is 11.3. The fourth-order valence-corrected chi connectivity index (χ4v) is 2.94. The maximum absolute atomic E-state index is 10.5. The molecule has 1 unspecified atom stereocenters. The number of ether oxygens (including phenoxy) is 1. The molecule has 3 aromatic carbocycles. The molecule has 0 saturated carbocycles. The summed E-state index contributed by atoms with van der Waals surface area (Å²) in [5.41, 5.74) is 6.10. The van der Waals surface area contributed by atoms with Crippen molar-refractivity contribution in [2.75, 3.05) is 19.7 Å². The molecule has 0 fully saturated rings. The molecule has 0 aliphatic carbocycles. The molecule has 0 bridgehead atoms. The van der Waals surface area contributed by atoms with Crippen LogP contribution >= 0.6 is 11.6 Å². The second-order valence-corrected chi connectivity index (χ2v) is 7.05. The van der Waals surface area contributed by atoms with Crippen molar-refractivity contribution < 1.29 is 19.7 Å². The van der Waals surface area contributed by atoms with Gasteiger partial charge in [-0.1, -0.05) is 42.8 Å². The number of halogens is 1. The second-order valence-electron chi connectivity index (χ2n) is 6.65. The van der Waals surface area contributed by atoms with Crippen LogP contribution in [-0.4, -0.2) is 48.1 Å². The number of phenols is 1. The van der Waals surface area contributed by atoms with Gasteiger partial charge in [0.2, 0.25) is 5.91 Å². The summed E-state index contributed by atoms with van der Waals surface area (Å²) in [6, 6.07) is 15.6. The lowest BCUT2D eigenvalue weighted by atomic mass is 10.0. The molecular formula is C23H26ClN3O4. The third-order valence-corrected chi connectivity index (χ3v) is 4.67. The maximum Gasteiger partial charge on any atom is 0.248 e. The number of rotatable bonds is 8. The molecule has 1 amide bonds. The van der Waals surface area contributed by atoms with Crippen LogP contribution in [0, 0.1) is 5.41 Å². The van der Waals surface area contributed by atoms with Crippen molar-refractivity contribution in [2.24, 2.45) is 5.73 Å². The van der Waals surface area contributed by atoms with E-state index in [4.69, 9.17) is 32.6 Å². The van der Waals surface area contributed by atoms with E-state index in [1.807, 2.05) is 43.3 Å². The molecular weight excluding hydrogens is 418 g/mol. The highest BCUT2D eigenvalue weighted by atomic mass is 35.5. The summed E-state index contributed by atoms with van der Waals surface area (Å²) in [6.45, 7) is 3.60. The first-order chi connectivity index (χ1) is 14.9. The molecule has 0 radical (unpaired) electrons. The minimum Gasteiger partial charge on any atom is -0.506 e. The zero-order chi connectivity index (χ0) is 22.8. The minimum absolute atomic E-state index is 0.0586. The Labute approximate surface area is 185 Å². The van der Waals surface area contributed by atoms with Gasteiger partial charge >= 0.3 is 0 Å². The molecule has 0 aliphatic rings. The summed E-state index contributed by atoms with van der Waals surface area (Å²) >= 11 is 5.50. The zero-order valence-corrected chi connectivity index (χ0v) is 17.9. The number of aromatic hydroxyl groups is 1. The summed E-state index contributed by atoms with van der Waals surface area (Å²) < 4.78 is 5.71. The largest absolute Gasteiger partial charge is 0.506 e. The van der Waals surface area contributed by atoms with Crippen LogP contribution in [0.25, 0.3) is 10.8 Å². The van der Waals surface area contributed by atoms with Crippen molar-refractivity contribution in [1.29, 1.82) is 5.41 Å². The first-order valence-electron chi connectivity index (χ1n) is 9.69. The molecule has 31 heavy (non-hydrogen) atoms. The fraction of sp³-hybridized carbons (Fsp3) is 0.217. The highest BCUT2D eigenvalue weighted by Crippen LogP contribution is 2.28. The molecule has 8 heteroatoms. The van der Waals surface area contributed by atoms with E-state index in [2.05, 4.69) is 5.32 Å². The number of carbonyl (C=O) groups is 1. The number of phenolic OH excluding ortho intramolecular Hbond substituents is 1. The van der Waals surface area contributed by atoms with Crippen LogP contribution in [-0.2, 0) is 0 Å². The highest BCUT2D eigenvalue weighted by molar-refractivity contribution is 6.32. The summed E-state index contributed by atoms with van der Waals surface area (Å²) in [6.07, 6.45) is 0.808. The van der Waals surface area contributed by atoms with Gasteiger partial charge in [0.1, 0.15) is 24.2 Å². The number of primary amides is 1. The molecule has 0 spiro atoms. The van der Waals surface area contributed by atoms with Gasteiger partial charge in [0, 0.05) is 29.3 Å². The van der Waals surface area contributed by atoms with Crippen LogP contribution in [0.5, 0.6) is 11.5 Å². The lowest BCUT2D eigenvalue weighted by molar-refractivity contribution is 0.1000. The number of aliphatic hydroxyl groups excluding tert-OH is 1. The summed E-state index contributed by atoms with van der Waals surface area (Å²) in [7, 11) is 0. The molecule has 164 valence electrons. The van der Waals surface area contributed by atoms with Gasteiger partial charge in [0.15, 0.2) is 0 Å². The number of carbonyl (C=O) groups excluding carboxylic acids is 1. The minimum atomic E-state index is -0.563. The Morgan fingerprint density at radius 1 is 1.23 bits per heavy atom. The van der Waals surface area contributed by atoms with E-state index in [1.54, 1.807) is 0 Å². The molecule has 0 aromatic heterocycles. The standard InChI is InChI=1S/C16H20N2O2.C7H6ClNO2/c1-2-18-10-13(19)11-20-16-8-7-12(9-17)14-5-3-4-6-15(14)16;8-5-3-4(7(9)11)1-2-6(5)10/h3-9,13,17-19H,2,10-11H2,1H3;1-3,10H,(H2,9,11). The van der Waals surface area contributed by atoms with Crippen molar-refractivity contribution >= 4 is 34.5 Å². The van der Waals surface area contributed by atoms with Gasteiger partial charge in [0.05, 0.1) is 5.02 Å². The van der Waals surface area contributed by atoms with Crippen LogP contribution in [0.4, 0.5) is 0 Å². The smallest absolute Gasteiger partial charge is 0.248 e. The topological polar surface area (TPSA) is 129 Å². The number of nitrogens with two attached hydrogens (primary N) is 1. The molecule has 1 atom stereocenters. The molecule has 3 rings (SSSR count). The average Bonchev–Trinajstić information content (AvgIpc) is 2.78. The van der Waals surface area contributed by atoms with Crippen molar-refractivity contribution in [3.8, 4) is 11.5 Å². The van der Waals surface area contributed by atoms with E-state index in [9.17, 15) is 9.90 Å². The summed E-state index contributed by atoms with van der Waals surface area (Å²) in [5.74, 6) is 0.116. The number of nitrogens with one attached hydrogen (secondary N) is 2. The number of likely N-dealkylation sites (N-methyl/N-ethyl adjacent to an activating group) is 1. The van der Waals surface area contributed by atoms with Crippen LogP contribution in [0.1, 0.15) is 22.8 Å². The van der Waals surface area contributed by atoms with Gasteiger partial charge in [0.25, 0.3) is 0 Å². The van der Waals surface area contributed by atoms with Gasteiger partial charge in [-0.3, -0.25) is 4.79 Å². The molecule has 3 aromatic rings. The number of hydrogen-bond donors (Lipinski definition) is 5. The summed E-state index contributed by atoms with van der Waals surface area (Å²) in [4.78, 5) is 10.5. The molecule has 0 saturated heterocycles. The van der Waals surface area contributed by atoms with Crippen molar-refractivity contribution in [3.05, 3.63) is 70.7 Å². The highest BCUT2D eigenvalue weighted by Gasteiger charge is 2.08. The van der Waals surface area contributed by atoms with Gasteiger partial charge in [-0.15, -0.1) is 0 Å². The van der Waals surface area contributed by atoms with E-state index in [-0.39, 0.29) is 22.9 Å². The number of benzene rings is 3. The van der Waals surface area contributed by atoms with Crippen molar-refractivity contribution in [1.82, 2.24) is 5.32 Å². The predicted octanol–water partition coefficient (Wildman–Crippen LogP) is 3.33. The van der Waals surface area contributed by atoms with Gasteiger partial charge in [-0.05, 0) is 42.3 Å². The van der Waals surface area contributed by atoms with Crippen LogP contribution in [0.2, 0.25) is 5.02 Å². The number of fused-ring (bicyclic) bond motifs is 1. The van der Waals surface area contributed by atoms with Crippen molar-refractivity contribution in [3.63, 3.8) is 0 Å². The zero-order valence-electron chi connectivity index (χ0n) is 17.1. The number of amides is 1. The van der Waals surface area contributed by atoms with Gasteiger partial charge < -0.3 is 31.4 Å². The Bertz CT molecular complexity index is 1040. The third-order valence-electron chi connectivity index (χ3n) is 4.37. The Kier molecular flexibility index (Phi) is 9.27. The van der Waals surface area contributed by atoms with E-state index in [1.165, 1.54) is 24.4 Å². The SMILES string of the molecule is CCNCC(O)COc1ccc(C=N)c2ccccc12.NC(=O)c1ccc(O)c(Cl)c1. The third kappa shape index (κ3) is 6.96. The lowest BCUT2D eigenvalue weighted by Crippen LogP contribution is -2.31. The maximum atomic E-state index is 10.5. The van der Waals surface area contributed by atoms with Gasteiger partial charge in [-0.25, -0.2) is 0 Å². The van der Waals surface area contributed by atoms with Crippen LogP contribution < -0.4 is 15.8 Å². The predicted molar refractivity (Wildman–Crippen MR) is 124 cm³/mol. The molecule has 6 N–H and O–H groups in total. The van der Waals surface area contributed by atoms with E-state index in [0.717, 1.165) is 28.6 Å². The monoisotopic (exact) mass is 443 g/mol. The first-order valence-corrected chi connectivity index (χ1v) is 10.1. The fourth-order valence-electron chi connectivity index (χ4n) is 2.76. The Morgan fingerprint density at radius 3 is 2.55 bits per heavy atom.